The number of amides is 1. The first-order valence-electron chi connectivity index (χ1n) is 8.91. The first-order valence-corrected chi connectivity index (χ1v) is 8.91. The number of carbonyl (C=O) groups excluding carboxylic acids is 1. The highest BCUT2D eigenvalue weighted by molar-refractivity contribution is 5.83. The molecule has 132 valence electrons. The molecule has 0 N–H and O–H groups in total. The lowest BCUT2D eigenvalue weighted by atomic mass is 10.0. The zero-order valence-electron chi connectivity index (χ0n) is 15.1. The number of rotatable bonds is 5. The van der Waals surface area contributed by atoms with Gasteiger partial charge in [-0.05, 0) is 25.2 Å². The SMILES string of the molecule is CN(C)C(C(=O)N1CCN(Cc2ccccc2)CC1)c1ccccc1. The monoisotopic (exact) mass is 337 g/mol. The molecule has 1 amide bonds. The fraction of sp³-hybridized carbons (Fsp3) is 0.381. The quantitative estimate of drug-likeness (QED) is 0.839. The molecule has 25 heavy (non-hydrogen) atoms. The van der Waals surface area contributed by atoms with Crippen LogP contribution < -0.4 is 0 Å². The molecule has 1 aliphatic rings. The summed E-state index contributed by atoms with van der Waals surface area (Å²) in [6.07, 6.45) is 0. The minimum Gasteiger partial charge on any atom is -0.338 e. The van der Waals surface area contributed by atoms with Crippen molar-refractivity contribution in [2.75, 3.05) is 40.3 Å². The molecule has 1 fully saturated rings. The molecule has 1 saturated heterocycles. The van der Waals surface area contributed by atoms with Crippen molar-refractivity contribution in [3.8, 4) is 0 Å². The van der Waals surface area contributed by atoms with E-state index in [1.165, 1.54) is 5.56 Å². The number of likely N-dealkylation sites (N-methyl/N-ethyl adjacent to an activating group) is 1. The first kappa shape index (κ1) is 17.6. The van der Waals surface area contributed by atoms with E-state index in [2.05, 4.69) is 29.2 Å². The Hall–Kier alpha value is -2.17. The number of carbonyl (C=O) groups is 1. The molecule has 2 aromatic rings. The van der Waals surface area contributed by atoms with E-state index in [4.69, 9.17) is 0 Å². The van der Waals surface area contributed by atoms with E-state index >= 15 is 0 Å². The van der Waals surface area contributed by atoms with E-state index in [0.717, 1.165) is 38.3 Å². The molecule has 0 spiro atoms. The second kappa shape index (κ2) is 8.28. The molecule has 3 rings (SSSR count). The van der Waals surface area contributed by atoms with Crippen molar-refractivity contribution in [3.63, 3.8) is 0 Å². The maximum Gasteiger partial charge on any atom is 0.244 e. The van der Waals surface area contributed by atoms with Crippen molar-refractivity contribution in [3.05, 3.63) is 71.8 Å². The Morgan fingerprint density at radius 1 is 0.920 bits per heavy atom. The van der Waals surface area contributed by atoms with Crippen LogP contribution in [0, 0.1) is 0 Å². The van der Waals surface area contributed by atoms with Gasteiger partial charge in [0.15, 0.2) is 0 Å². The second-order valence-corrected chi connectivity index (χ2v) is 6.86. The predicted octanol–water partition coefficient (Wildman–Crippen LogP) is 2.63. The average Bonchev–Trinajstić information content (AvgIpc) is 2.64. The lowest BCUT2D eigenvalue weighted by Crippen LogP contribution is -2.51. The highest BCUT2D eigenvalue weighted by atomic mass is 16.2. The molecule has 1 aliphatic heterocycles. The van der Waals surface area contributed by atoms with E-state index in [1.807, 2.05) is 60.3 Å². The summed E-state index contributed by atoms with van der Waals surface area (Å²) < 4.78 is 0. The molecular formula is C21H27N3O. The third kappa shape index (κ3) is 4.47. The van der Waals surface area contributed by atoms with Gasteiger partial charge in [0.2, 0.25) is 5.91 Å². The molecule has 0 aliphatic carbocycles. The molecule has 0 radical (unpaired) electrons. The molecule has 4 nitrogen and oxygen atoms in total. The second-order valence-electron chi connectivity index (χ2n) is 6.86. The molecule has 0 saturated carbocycles. The third-order valence-electron chi connectivity index (χ3n) is 4.80. The Bertz CT molecular complexity index is 664. The number of hydrogen-bond acceptors (Lipinski definition) is 3. The van der Waals surface area contributed by atoms with Gasteiger partial charge in [0.25, 0.3) is 0 Å². The van der Waals surface area contributed by atoms with E-state index in [1.54, 1.807) is 0 Å². The summed E-state index contributed by atoms with van der Waals surface area (Å²) >= 11 is 0. The highest BCUT2D eigenvalue weighted by Crippen LogP contribution is 2.21. The maximum absolute atomic E-state index is 13.1. The van der Waals surface area contributed by atoms with Crippen LogP contribution in [0.4, 0.5) is 0 Å². The van der Waals surface area contributed by atoms with Gasteiger partial charge in [0.1, 0.15) is 6.04 Å². The Balaban J connectivity index is 1.60. The molecule has 4 heteroatoms. The van der Waals surface area contributed by atoms with Crippen LogP contribution >= 0.6 is 0 Å². The van der Waals surface area contributed by atoms with Gasteiger partial charge in [-0.1, -0.05) is 60.7 Å². The van der Waals surface area contributed by atoms with Crippen molar-refractivity contribution in [2.45, 2.75) is 12.6 Å². The lowest BCUT2D eigenvalue weighted by molar-refractivity contribution is -0.138. The summed E-state index contributed by atoms with van der Waals surface area (Å²) in [6, 6.07) is 20.4. The number of hydrogen-bond donors (Lipinski definition) is 0. The van der Waals surface area contributed by atoms with Gasteiger partial charge in [-0.3, -0.25) is 14.6 Å². The molecule has 1 unspecified atom stereocenters. The highest BCUT2D eigenvalue weighted by Gasteiger charge is 2.29. The van der Waals surface area contributed by atoms with Crippen molar-refractivity contribution in [1.82, 2.24) is 14.7 Å². The summed E-state index contributed by atoms with van der Waals surface area (Å²) in [5.74, 6) is 0.204. The van der Waals surface area contributed by atoms with Crippen molar-refractivity contribution < 1.29 is 4.79 Å². The first-order chi connectivity index (χ1) is 12.1. The van der Waals surface area contributed by atoms with Crippen LogP contribution in [0.3, 0.4) is 0 Å². The van der Waals surface area contributed by atoms with E-state index < -0.39 is 0 Å². The summed E-state index contributed by atoms with van der Waals surface area (Å²) in [7, 11) is 3.95. The van der Waals surface area contributed by atoms with Crippen LogP contribution in [0.1, 0.15) is 17.2 Å². The zero-order valence-corrected chi connectivity index (χ0v) is 15.1. The van der Waals surface area contributed by atoms with Gasteiger partial charge >= 0.3 is 0 Å². The third-order valence-corrected chi connectivity index (χ3v) is 4.80. The smallest absolute Gasteiger partial charge is 0.244 e. The van der Waals surface area contributed by atoms with Crippen LogP contribution in [-0.4, -0.2) is 60.9 Å². The molecule has 1 atom stereocenters. The summed E-state index contributed by atoms with van der Waals surface area (Å²) in [4.78, 5) is 19.5. The van der Waals surface area contributed by atoms with Crippen molar-refractivity contribution in [2.24, 2.45) is 0 Å². The number of piperazine rings is 1. The van der Waals surface area contributed by atoms with Gasteiger partial charge in [-0.25, -0.2) is 0 Å². The van der Waals surface area contributed by atoms with Gasteiger partial charge < -0.3 is 4.90 Å². The molecular weight excluding hydrogens is 310 g/mol. The number of benzene rings is 2. The van der Waals surface area contributed by atoms with Gasteiger partial charge in [-0.15, -0.1) is 0 Å². The molecule has 2 aromatic carbocycles. The largest absolute Gasteiger partial charge is 0.338 e. The Kier molecular flexibility index (Phi) is 5.84. The zero-order chi connectivity index (χ0) is 17.6. The average molecular weight is 337 g/mol. The fourth-order valence-electron chi connectivity index (χ4n) is 3.44. The topological polar surface area (TPSA) is 26.8 Å². The fourth-order valence-corrected chi connectivity index (χ4v) is 3.44. The van der Waals surface area contributed by atoms with Crippen LogP contribution in [0.5, 0.6) is 0 Å². The molecule has 0 aromatic heterocycles. The van der Waals surface area contributed by atoms with E-state index in [-0.39, 0.29) is 11.9 Å². The molecule has 0 bridgehead atoms. The Labute approximate surface area is 150 Å². The van der Waals surface area contributed by atoms with Gasteiger partial charge in [0, 0.05) is 32.7 Å². The van der Waals surface area contributed by atoms with Crippen molar-refractivity contribution >= 4 is 5.91 Å². The van der Waals surface area contributed by atoms with Gasteiger partial charge in [0.05, 0.1) is 0 Å². The summed E-state index contributed by atoms with van der Waals surface area (Å²) in [5, 5.41) is 0. The minimum atomic E-state index is -0.207. The van der Waals surface area contributed by atoms with Crippen molar-refractivity contribution in [1.29, 1.82) is 0 Å². The van der Waals surface area contributed by atoms with Crippen LogP contribution in [0.25, 0.3) is 0 Å². The van der Waals surface area contributed by atoms with Crippen LogP contribution in [-0.2, 0) is 11.3 Å². The van der Waals surface area contributed by atoms with E-state index in [9.17, 15) is 4.79 Å². The Morgan fingerprint density at radius 2 is 1.48 bits per heavy atom. The minimum absolute atomic E-state index is 0.204. The predicted molar refractivity (Wildman–Crippen MR) is 101 cm³/mol. The maximum atomic E-state index is 13.1. The van der Waals surface area contributed by atoms with E-state index in [0.29, 0.717) is 0 Å². The van der Waals surface area contributed by atoms with Gasteiger partial charge in [-0.2, -0.15) is 0 Å². The lowest BCUT2D eigenvalue weighted by Gasteiger charge is -2.37. The number of nitrogens with zero attached hydrogens (tertiary/aromatic N) is 3. The summed E-state index contributed by atoms with van der Waals surface area (Å²) in [6.45, 7) is 4.40. The summed E-state index contributed by atoms with van der Waals surface area (Å²) in [5.41, 5.74) is 2.39. The van der Waals surface area contributed by atoms with Crippen LogP contribution in [0.15, 0.2) is 60.7 Å². The molecule has 1 heterocycles. The normalized spacial score (nSPS) is 16.8. The van der Waals surface area contributed by atoms with Crippen LogP contribution in [0.2, 0.25) is 0 Å². The standard InChI is InChI=1S/C21H27N3O/c1-22(2)20(19-11-7-4-8-12-19)21(25)24-15-13-23(14-16-24)17-18-9-5-3-6-10-18/h3-12,20H,13-17H2,1-2H3. The Morgan fingerprint density at radius 3 is 2.04 bits per heavy atom.